The van der Waals surface area contributed by atoms with Crippen molar-refractivity contribution in [1.29, 1.82) is 0 Å². The van der Waals surface area contributed by atoms with Crippen LogP contribution in [0.4, 0.5) is 0 Å². The van der Waals surface area contributed by atoms with Gasteiger partial charge in [-0.25, -0.2) is 0 Å². The fourth-order valence-electron chi connectivity index (χ4n) is 3.87. The van der Waals surface area contributed by atoms with Crippen molar-refractivity contribution >= 4 is 16.8 Å². The molecule has 160 valence electrons. The molecule has 0 radical (unpaired) electrons. The molecule has 0 aliphatic heterocycles. The molecule has 0 unspecified atom stereocenters. The summed E-state index contributed by atoms with van der Waals surface area (Å²) in [7, 11) is 3.29. The lowest BCUT2D eigenvalue weighted by Gasteiger charge is -2.20. The summed E-state index contributed by atoms with van der Waals surface area (Å²) < 4.78 is 13.2. The molecule has 30 heavy (non-hydrogen) atoms. The molecular weight excluding hydrogens is 376 g/mol. The Hall–Kier alpha value is -2.95. The molecule has 3 aromatic rings. The second-order valence-corrected chi connectivity index (χ2v) is 7.67. The molecular formula is C25H32N2O3. The number of amides is 1. The lowest BCUT2D eigenvalue weighted by atomic mass is 9.87. The molecule has 0 aliphatic rings. The van der Waals surface area contributed by atoms with E-state index in [4.69, 9.17) is 9.47 Å². The molecule has 2 atom stereocenters. The minimum absolute atomic E-state index is 0.0458. The van der Waals surface area contributed by atoms with Gasteiger partial charge in [0.1, 0.15) is 11.5 Å². The fraction of sp³-hybridized carbons (Fsp3) is 0.400. The summed E-state index contributed by atoms with van der Waals surface area (Å²) in [4.78, 5) is 12.9. The third-order valence-corrected chi connectivity index (χ3v) is 5.72. The molecule has 0 saturated heterocycles. The summed E-state index contributed by atoms with van der Waals surface area (Å²) in [5, 5.41) is 4.29. The summed E-state index contributed by atoms with van der Waals surface area (Å²) in [6.07, 6.45) is 3.44. The smallest absolute Gasteiger partial charge is 0.221 e. The maximum atomic E-state index is 12.9. The van der Waals surface area contributed by atoms with Gasteiger partial charge in [-0.1, -0.05) is 25.1 Å². The molecule has 2 aromatic carbocycles. The van der Waals surface area contributed by atoms with E-state index in [0.29, 0.717) is 6.42 Å². The van der Waals surface area contributed by atoms with Crippen molar-refractivity contribution in [2.45, 2.75) is 52.1 Å². The van der Waals surface area contributed by atoms with Gasteiger partial charge in [0.25, 0.3) is 0 Å². The van der Waals surface area contributed by atoms with Gasteiger partial charge in [0.05, 0.1) is 14.2 Å². The molecule has 0 bridgehead atoms. The Morgan fingerprint density at radius 2 is 1.73 bits per heavy atom. The highest BCUT2D eigenvalue weighted by molar-refractivity contribution is 5.86. The number of rotatable bonds is 9. The van der Waals surface area contributed by atoms with E-state index in [1.165, 1.54) is 10.9 Å². The first-order chi connectivity index (χ1) is 14.5. The highest BCUT2D eigenvalue weighted by atomic mass is 16.5. The van der Waals surface area contributed by atoms with Crippen LogP contribution in [0.2, 0.25) is 0 Å². The Morgan fingerprint density at radius 1 is 1.07 bits per heavy atom. The van der Waals surface area contributed by atoms with Crippen LogP contribution < -0.4 is 14.8 Å². The number of fused-ring (bicyclic) bond motifs is 1. The fourth-order valence-corrected chi connectivity index (χ4v) is 3.87. The molecule has 1 amide bonds. The quantitative estimate of drug-likeness (QED) is 0.535. The van der Waals surface area contributed by atoms with Crippen molar-refractivity contribution < 1.29 is 14.3 Å². The van der Waals surface area contributed by atoms with Crippen LogP contribution in [0.15, 0.2) is 48.7 Å². The molecule has 1 aromatic heterocycles. The lowest BCUT2D eigenvalue weighted by Crippen LogP contribution is -2.33. The van der Waals surface area contributed by atoms with Gasteiger partial charge < -0.3 is 19.4 Å². The second-order valence-electron chi connectivity index (χ2n) is 7.67. The normalized spacial score (nSPS) is 13.1. The predicted molar refractivity (Wildman–Crippen MR) is 122 cm³/mol. The molecule has 5 heteroatoms. The topological polar surface area (TPSA) is 52.5 Å². The minimum Gasteiger partial charge on any atom is -0.497 e. The Kier molecular flexibility index (Phi) is 7.03. The van der Waals surface area contributed by atoms with Crippen LogP contribution in [-0.2, 0) is 11.3 Å². The average Bonchev–Trinajstić information content (AvgIpc) is 3.15. The van der Waals surface area contributed by atoms with Crippen LogP contribution in [0.5, 0.6) is 11.5 Å². The number of ether oxygens (including phenoxy) is 2. The second kappa shape index (κ2) is 9.70. The van der Waals surface area contributed by atoms with Gasteiger partial charge in [-0.15, -0.1) is 0 Å². The SMILES string of the molecule is CC[C@H](C)NC(=O)C[C@H](c1cc(OC)cc(OC)c1)c1cn(CC)c2ccccc12. The van der Waals surface area contributed by atoms with Crippen LogP contribution in [0.3, 0.4) is 0 Å². The van der Waals surface area contributed by atoms with Crippen molar-refractivity contribution in [3.05, 3.63) is 59.8 Å². The van der Waals surface area contributed by atoms with Gasteiger partial charge in [-0.2, -0.15) is 0 Å². The first kappa shape index (κ1) is 21.8. The molecule has 1 heterocycles. The van der Waals surface area contributed by atoms with Gasteiger partial charge in [0.15, 0.2) is 0 Å². The van der Waals surface area contributed by atoms with Crippen molar-refractivity contribution in [2.24, 2.45) is 0 Å². The van der Waals surface area contributed by atoms with Crippen LogP contribution >= 0.6 is 0 Å². The van der Waals surface area contributed by atoms with Crippen molar-refractivity contribution in [1.82, 2.24) is 9.88 Å². The van der Waals surface area contributed by atoms with E-state index >= 15 is 0 Å². The van der Waals surface area contributed by atoms with E-state index in [1.807, 2.05) is 31.2 Å². The number of hydrogen-bond acceptors (Lipinski definition) is 3. The van der Waals surface area contributed by atoms with E-state index in [1.54, 1.807) is 14.2 Å². The van der Waals surface area contributed by atoms with E-state index in [2.05, 4.69) is 48.1 Å². The molecule has 5 nitrogen and oxygen atoms in total. The minimum atomic E-state index is -0.115. The number of benzene rings is 2. The van der Waals surface area contributed by atoms with Crippen LogP contribution in [-0.4, -0.2) is 30.7 Å². The summed E-state index contributed by atoms with van der Waals surface area (Å²) in [5.74, 6) is 1.37. The molecule has 0 spiro atoms. The van der Waals surface area contributed by atoms with Crippen molar-refractivity contribution in [2.75, 3.05) is 14.2 Å². The zero-order chi connectivity index (χ0) is 21.7. The van der Waals surface area contributed by atoms with E-state index < -0.39 is 0 Å². The molecule has 3 rings (SSSR count). The first-order valence-electron chi connectivity index (χ1n) is 10.6. The molecule has 1 N–H and O–H groups in total. The lowest BCUT2D eigenvalue weighted by molar-refractivity contribution is -0.121. The number of nitrogens with zero attached hydrogens (tertiary/aromatic N) is 1. The van der Waals surface area contributed by atoms with Crippen LogP contribution in [0, 0.1) is 0 Å². The predicted octanol–water partition coefficient (Wildman–Crippen LogP) is 5.12. The number of carbonyl (C=O) groups excluding carboxylic acids is 1. The van der Waals surface area contributed by atoms with Crippen LogP contribution in [0.25, 0.3) is 10.9 Å². The number of aryl methyl sites for hydroxylation is 1. The zero-order valence-electron chi connectivity index (χ0n) is 18.6. The first-order valence-corrected chi connectivity index (χ1v) is 10.6. The third kappa shape index (κ3) is 4.61. The number of para-hydroxylation sites is 1. The third-order valence-electron chi connectivity index (χ3n) is 5.72. The van der Waals surface area contributed by atoms with E-state index in [9.17, 15) is 4.79 Å². The molecule has 0 fully saturated rings. The number of hydrogen-bond donors (Lipinski definition) is 1. The zero-order valence-corrected chi connectivity index (χ0v) is 18.6. The van der Waals surface area contributed by atoms with Gasteiger partial charge in [-0.3, -0.25) is 4.79 Å². The number of aromatic nitrogens is 1. The maximum Gasteiger partial charge on any atom is 0.221 e. The Balaban J connectivity index is 2.13. The number of nitrogens with one attached hydrogen (secondary N) is 1. The average molecular weight is 409 g/mol. The standard InChI is InChI=1S/C25H32N2O3/c1-6-17(3)26-25(28)15-22(18-12-19(29-4)14-20(13-18)30-5)23-16-27(7-2)24-11-9-8-10-21(23)24/h8-14,16-17,22H,6-7,15H2,1-5H3,(H,26,28)/t17-,22+/m0/s1. The largest absolute Gasteiger partial charge is 0.497 e. The van der Waals surface area contributed by atoms with E-state index in [-0.39, 0.29) is 17.9 Å². The summed E-state index contributed by atoms with van der Waals surface area (Å²) in [6, 6.07) is 14.4. The van der Waals surface area contributed by atoms with Gasteiger partial charge in [0, 0.05) is 48.1 Å². The Morgan fingerprint density at radius 3 is 2.33 bits per heavy atom. The van der Waals surface area contributed by atoms with Gasteiger partial charge in [-0.05, 0) is 49.6 Å². The number of carbonyl (C=O) groups is 1. The highest BCUT2D eigenvalue weighted by Gasteiger charge is 2.24. The highest BCUT2D eigenvalue weighted by Crippen LogP contribution is 2.37. The summed E-state index contributed by atoms with van der Waals surface area (Å²) >= 11 is 0. The Labute approximate surface area is 179 Å². The van der Waals surface area contributed by atoms with Crippen molar-refractivity contribution in [3.8, 4) is 11.5 Å². The number of methoxy groups -OCH3 is 2. The monoisotopic (exact) mass is 408 g/mol. The Bertz CT molecular complexity index is 987. The molecule has 0 aliphatic carbocycles. The van der Waals surface area contributed by atoms with Crippen molar-refractivity contribution in [3.63, 3.8) is 0 Å². The maximum absolute atomic E-state index is 12.9. The van der Waals surface area contributed by atoms with Crippen LogP contribution in [0.1, 0.15) is 50.7 Å². The summed E-state index contributed by atoms with van der Waals surface area (Å²) in [6.45, 7) is 7.11. The van der Waals surface area contributed by atoms with Gasteiger partial charge >= 0.3 is 0 Å². The van der Waals surface area contributed by atoms with Gasteiger partial charge in [0.2, 0.25) is 5.91 Å². The van der Waals surface area contributed by atoms with E-state index in [0.717, 1.165) is 35.6 Å². The molecule has 0 saturated carbocycles. The summed E-state index contributed by atoms with van der Waals surface area (Å²) in [5.41, 5.74) is 3.32.